The Bertz CT molecular complexity index is 538. The minimum Gasteiger partial charge on any atom is -0.447 e. The Balaban J connectivity index is 1.97. The molecule has 0 radical (unpaired) electrons. The fraction of sp³-hybridized carbons (Fsp3) is 0.692. The van der Waals surface area contributed by atoms with Crippen LogP contribution in [0, 0.1) is 0 Å². The van der Waals surface area contributed by atoms with Crippen LogP contribution in [0.5, 0.6) is 0 Å². The smallest absolute Gasteiger partial charge is 0.275 e. The molecule has 2 atom stereocenters. The Hall–Kier alpha value is -0.890. The molecule has 1 aromatic heterocycles. The van der Waals surface area contributed by atoms with E-state index in [4.69, 9.17) is 9.15 Å². The van der Waals surface area contributed by atoms with E-state index < -0.39 is 10.0 Å². The molecule has 0 aliphatic heterocycles. The van der Waals surface area contributed by atoms with E-state index in [0.29, 0.717) is 18.3 Å². The van der Waals surface area contributed by atoms with Crippen LogP contribution in [-0.2, 0) is 21.3 Å². The van der Waals surface area contributed by atoms with Crippen molar-refractivity contribution >= 4 is 10.0 Å². The highest BCUT2D eigenvalue weighted by Gasteiger charge is 2.27. The summed E-state index contributed by atoms with van der Waals surface area (Å²) in [6, 6.07) is 3.49. The average molecular weight is 302 g/mol. The van der Waals surface area contributed by atoms with E-state index in [9.17, 15) is 8.42 Å². The highest BCUT2D eigenvalue weighted by molar-refractivity contribution is 7.88. The van der Waals surface area contributed by atoms with E-state index in [1.54, 1.807) is 13.2 Å². The molecular formula is C13H22N2O4S. The van der Waals surface area contributed by atoms with Gasteiger partial charge in [0.15, 0.2) is 0 Å². The number of nitrogens with zero attached hydrogens (tertiary/aromatic N) is 1. The maximum absolute atomic E-state index is 11.9. The summed E-state index contributed by atoms with van der Waals surface area (Å²) in [6.45, 7) is 0.507. The van der Waals surface area contributed by atoms with Gasteiger partial charge in [0.25, 0.3) is 10.0 Å². The maximum Gasteiger partial charge on any atom is 0.275 e. The van der Waals surface area contributed by atoms with E-state index in [-0.39, 0.29) is 11.2 Å². The lowest BCUT2D eigenvalue weighted by Crippen LogP contribution is -2.36. The molecule has 1 N–H and O–H groups in total. The first kappa shape index (κ1) is 15.5. The summed E-state index contributed by atoms with van der Waals surface area (Å²) in [5.41, 5.74) is 0. The fourth-order valence-corrected chi connectivity index (χ4v) is 3.26. The Labute approximate surface area is 120 Å². The Morgan fingerprint density at radius 2 is 2.15 bits per heavy atom. The Morgan fingerprint density at radius 1 is 1.40 bits per heavy atom. The van der Waals surface area contributed by atoms with Gasteiger partial charge in [0, 0.05) is 27.2 Å². The van der Waals surface area contributed by atoms with Crippen LogP contribution in [0.4, 0.5) is 0 Å². The first-order valence-corrected chi connectivity index (χ1v) is 8.16. The van der Waals surface area contributed by atoms with Crippen LogP contribution < -0.4 is 5.32 Å². The molecular weight excluding hydrogens is 280 g/mol. The van der Waals surface area contributed by atoms with Crippen molar-refractivity contribution in [3.05, 3.63) is 17.9 Å². The summed E-state index contributed by atoms with van der Waals surface area (Å²) in [5, 5.41) is 3.35. The van der Waals surface area contributed by atoms with Crippen molar-refractivity contribution in [1.29, 1.82) is 0 Å². The van der Waals surface area contributed by atoms with Crippen molar-refractivity contribution in [2.24, 2.45) is 0 Å². The third kappa shape index (κ3) is 3.22. The van der Waals surface area contributed by atoms with Gasteiger partial charge in [-0.05, 0) is 31.4 Å². The lowest BCUT2D eigenvalue weighted by molar-refractivity contribution is 0.0840. The zero-order valence-corrected chi connectivity index (χ0v) is 12.9. The quantitative estimate of drug-likeness (QED) is 0.854. The molecule has 0 aromatic carbocycles. The molecule has 1 fully saturated rings. The lowest BCUT2D eigenvalue weighted by atomic mass is 10.2. The highest BCUT2D eigenvalue weighted by Crippen LogP contribution is 2.22. The van der Waals surface area contributed by atoms with Gasteiger partial charge >= 0.3 is 0 Å². The molecule has 1 heterocycles. The molecule has 2 unspecified atom stereocenters. The normalized spacial score (nSPS) is 23.6. The van der Waals surface area contributed by atoms with Crippen molar-refractivity contribution in [1.82, 2.24) is 9.62 Å². The number of sulfonamides is 1. The van der Waals surface area contributed by atoms with E-state index in [1.165, 1.54) is 20.2 Å². The van der Waals surface area contributed by atoms with E-state index in [0.717, 1.165) is 23.6 Å². The minimum absolute atomic E-state index is 0.0194. The van der Waals surface area contributed by atoms with E-state index >= 15 is 0 Å². The average Bonchev–Trinajstić information content (AvgIpc) is 3.05. The number of furan rings is 1. The van der Waals surface area contributed by atoms with E-state index in [2.05, 4.69) is 5.32 Å². The molecule has 2 rings (SSSR count). The van der Waals surface area contributed by atoms with Gasteiger partial charge in [0.2, 0.25) is 5.09 Å². The zero-order chi connectivity index (χ0) is 14.8. The molecule has 0 bridgehead atoms. The first-order chi connectivity index (χ1) is 9.45. The Kier molecular flexibility index (Phi) is 4.85. The van der Waals surface area contributed by atoms with Gasteiger partial charge in [0.1, 0.15) is 5.76 Å². The highest BCUT2D eigenvalue weighted by atomic mass is 32.2. The van der Waals surface area contributed by atoms with Gasteiger partial charge in [-0.15, -0.1) is 0 Å². The van der Waals surface area contributed by atoms with Gasteiger partial charge in [-0.1, -0.05) is 0 Å². The van der Waals surface area contributed by atoms with Crippen LogP contribution in [0.2, 0.25) is 0 Å². The monoisotopic (exact) mass is 302 g/mol. The number of hydrogen-bond acceptors (Lipinski definition) is 5. The second-order valence-electron chi connectivity index (χ2n) is 5.20. The second-order valence-corrected chi connectivity index (χ2v) is 7.28. The number of ether oxygens (including phenoxy) is 1. The lowest BCUT2D eigenvalue weighted by Gasteiger charge is -2.18. The van der Waals surface area contributed by atoms with Gasteiger partial charge in [-0.25, -0.2) is 12.7 Å². The first-order valence-electron chi connectivity index (χ1n) is 6.72. The largest absolute Gasteiger partial charge is 0.447 e. The standard InChI is InChI=1S/C13H22N2O4S/c1-15(2)20(16,17)13-8-7-10(19-13)9-14-11-5-4-6-12(11)18-3/h7-8,11-12,14H,4-6,9H2,1-3H3. The molecule has 0 saturated heterocycles. The molecule has 7 heteroatoms. The number of hydrogen-bond donors (Lipinski definition) is 1. The summed E-state index contributed by atoms with van der Waals surface area (Å²) >= 11 is 0. The van der Waals surface area contributed by atoms with Gasteiger partial charge < -0.3 is 14.5 Å². The van der Waals surface area contributed by atoms with Crippen molar-refractivity contribution in [3.63, 3.8) is 0 Å². The van der Waals surface area contributed by atoms with Crippen LogP contribution in [0.1, 0.15) is 25.0 Å². The Morgan fingerprint density at radius 3 is 2.80 bits per heavy atom. The summed E-state index contributed by atoms with van der Waals surface area (Å²) in [4.78, 5) is 0. The topological polar surface area (TPSA) is 71.8 Å². The van der Waals surface area contributed by atoms with Crippen LogP contribution in [0.25, 0.3) is 0 Å². The third-order valence-electron chi connectivity index (χ3n) is 3.67. The zero-order valence-electron chi connectivity index (χ0n) is 12.1. The molecule has 1 aliphatic rings. The molecule has 0 spiro atoms. The molecule has 1 aromatic rings. The van der Waals surface area contributed by atoms with Crippen molar-refractivity contribution in [2.45, 2.75) is 43.0 Å². The molecule has 0 amide bonds. The van der Waals surface area contributed by atoms with Crippen LogP contribution >= 0.6 is 0 Å². The SMILES string of the molecule is COC1CCCC1NCc1ccc(S(=O)(=O)N(C)C)o1. The van der Waals surface area contributed by atoms with Crippen LogP contribution in [0.15, 0.2) is 21.6 Å². The number of rotatable bonds is 6. The van der Waals surface area contributed by atoms with Crippen LogP contribution in [0.3, 0.4) is 0 Å². The molecule has 6 nitrogen and oxygen atoms in total. The molecule has 20 heavy (non-hydrogen) atoms. The predicted octanol–water partition coefficient (Wildman–Crippen LogP) is 1.19. The van der Waals surface area contributed by atoms with Crippen molar-refractivity contribution < 1.29 is 17.6 Å². The predicted molar refractivity (Wildman–Crippen MR) is 74.9 cm³/mol. The number of nitrogens with one attached hydrogen (secondary N) is 1. The van der Waals surface area contributed by atoms with E-state index in [1.807, 2.05) is 0 Å². The van der Waals surface area contributed by atoms with Gasteiger partial charge in [0.05, 0.1) is 12.6 Å². The van der Waals surface area contributed by atoms with Crippen molar-refractivity contribution in [3.8, 4) is 0 Å². The van der Waals surface area contributed by atoms with Crippen molar-refractivity contribution in [2.75, 3.05) is 21.2 Å². The van der Waals surface area contributed by atoms with Gasteiger partial charge in [-0.3, -0.25) is 0 Å². The molecule has 114 valence electrons. The number of methoxy groups -OCH3 is 1. The second kappa shape index (κ2) is 6.26. The third-order valence-corrected chi connectivity index (χ3v) is 5.36. The van der Waals surface area contributed by atoms with Gasteiger partial charge in [-0.2, -0.15) is 0 Å². The minimum atomic E-state index is -3.49. The van der Waals surface area contributed by atoms with Crippen LogP contribution in [-0.4, -0.2) is 46.1 Å². The summed E-state index contributed by atoms with van der Waals surface area (Å²) in [6.07, 6.45) is 3.51. The summed E-state index contributed by atoms with van der Waals surface area (Å²) < 4.78 is 35.7. The maximum atomic E-state index is 11.9. The molecule has 1 saturated carbocycles. The fourth-order valence-electron chi connectivity index (χ4n) is 2.45. The molecule has 1 aliphatic carbocycles. The summed E-state index contributed by atoms with van der Waals surface area (Å²) in [7, 11) is 1.19. The summed E-state index contributed by atoms with van der Waals surface area (Å²) in [5.74, 6) is 0.618.